The van der Waals surface area contributed by atoms with E-state index < -0.39 is 46.9 Å². The molecule has 2 unspecified atom stereocenters. The molecule has 0 aromatic heterocycles. The molecule has 11 nitrogen and oxygen atoms in total. The highest BCUT2D eigenvalue weighted by molar-refractivity contribution is 7.60. The molecule has 0 fully saturated rings. The average Bonchev–Trinajstić information content (AvgIpc) is 2.94. The molecule has 0 saturated heterocycles. The zero-order chi connectivity index (χ0) is 32.9. The highest BCUT2D eigenvalue weighted by Gasteiger charge is 2.34. The van der Waals surface area contributed by atoms with Crippen LogP contribution in [0.4, 0.5) is 0 Å². The second-order valence-corrected chi connectivity index (χ2v) is 14.5. The summed E-state index contributed by atoms with van der Waals surface area (Å²) in [7, 11) is -10.4. The molecule has 0 aromatic carbocycles. The Morgan fingerprint density at radius 1 is 0.545 bits per heavy atom. The number of carbonyl (C=O) groups excluding carboxylic acids is 2. The van der Waals surface area contributed by atoms with Crippen LogP contribution in [0, 0.1) is 0 Å². The summed E-state index contributed by atoms with van der Waals surface area (Å²) in [5, 5.41) is 0. The smallest absolute Gasteiger partial charge is 0.462 e. The quantitative estimate of drug-likeness (QED) is 0.0354. The summed E-state index contributed by atoms with van der Waals surface area (Å²) in [4.78, 5) is 51.8. The molecule has 0 radical (unpaired) electrons. The van der Waals surface area contributed by atoms with Gasteiger partial charge in [-0.15, -0.1) is 0 Å². The Hall–Kier alpha value is -0.800. The van der Waals surface area contributed by atoms with E-state index in [0.29, 0.717) is 12.8 Å². The van der Waals surface area contributed by atoms with Gasteiger partial charge in [0.25, 0.3) is 0 Å². The maximum atomic E-state index is 12.4. The second-order valence-electron chi connectivity index (χ2n) is 11.7. The Morgan fingerprint density at radius 2 is 0.909 bits per heavy atom. The number of unbranched alkanes of at least 4 members (excludes halogenated alkanes) is 20. The Kier molecular flexibility index (Phi) is 27.9. The van der Waals surface area contributed by atoms with Crippen molar-refractivity contribution in [3.05, 3.63) is 0 Å². The van der Waals surface area contributed by atoms with Crippen LogP contribution in [0.1, 0.15) is 168 Å². The van der Waals surface area contributed by atoms with Crippen LogP contribution in [0.3, 0.4) is 0 Å². The SMILES string of the molecule is CCCCCCCCCCCCCC(=O)OCC(COP(=O)(O)OP(=O)(O)O)OC(=O)CCCCCCCCCCCCC. The molecule has 0 heterocycles. The minimum Gasteiger partial charge on any atom is -0.462 e. The molecule has 0 rings (SSSR count). The zero-order valence-electron chi connectivity index (χ0n) is 27.5. The number of hydrogen-bond donors (Lipinski definition) is 3. The molecule has 262 valence electrons. The van der Waals surface area contributed by atoms with Gasteiger partial charge in [0, 0.05) is 12.8 Å². The van der Waals surface area contributed by atoms with Crippen LogP contribution in [0.2, 0.25) is 0 Å². The van der Waals surface area contributed by atoms with Crippen LogP contribution < -0.4 is 0 Å². The lowest BCUT2D eigenvalue weighted by Gasteiger charge is -2.20. The number of rotatable bonds is 32. The molecular weight excluding hydrogens is 610 g/mol. The Morgan fingerprint density at radius 3 is 1.30 bits per heavy atom. The maximum Gasteiger partial charge on any atom is 0.481 e. The number of phosphoric ester groups is 1. The van der Waals surface area contributed by atoms with Gasteiger partial charge < -0.3 is 24.2 Å². The van der Waals surface area contributed by atoms with E-state index in [1.165, 1.54) is 89.9 Å². The van der Waals surface area contributed by atoms with Gasteiger partial charge in [0.1, 0.15) is 6.61 Å². The third-order valence-electron chi connectivity index (χ3n) is 7.33. The van der Waals surface area contributed by atoms with Gasteiger partial charge in [0.05, 0.1) is 6.61 Å². The van der Waals surface area contributed by atoms with E-state index in [1.54, 1.807) is 0 Å². The van der Waals surface area contributed by atoms with Gasteiger partial charge >= 0.3 is 27.6 Å². The fourth-order valence-electron chi connectivity index (χ4n) is 4.82. The minimum atomic E-state index is -5.30. The average molecular weight is 673 g/mol. The third kappa shape index (κ3) is 31.2. The van der Waals surface area contributed by atoms with E-state index >= 15 is 0 Å². The van der Waals surface area contributed by atoms with Crippen LogP contribution in [0.15, 0.2) is 0 Å². The molecule has 0 saturated carbocycles. The van der Waals surface area contributed by atoms with E-state index in [2.05, 4.69) is 22.7 Å². The fourth-order valence-corrected chi connectivity index (χ4v) is 6.44. The largest absolute Gasteiger partial charge is 0.481 e. The molecule has 2 atom stereocenters. The van der Waals surface area contributed by atoms with Crippen LogP contribution in [0.5, 0.6) is 0 Å². The maximum absolute atomic E-state index is 12.4. The monoisotopic (exact) mass is 672 g/mol. The van der Waals surface area contributed by atoms with E-state index in [1.807, 2.05) is 0 Å². The first-order valence-electron chi connectivity index (χ1n) is 17.1. The van der Waals surface area contributed by atoms with Gasteiger partial charge in [-0.1, -0.05) is 142 Å². The molecule has 0 aliphatic carbocycles. The first-order valence-corrected chi connectivity index (χ1v) is 20.1. The molecule has 13 heteroatoms. The van der Waals surface area contributed by atoms with Crippen molar-refractivity contribution in [2.45, 2.75) is 174 Å². The third-order valence-corrected chi connectivity index (χ3v) is 9.48. The van der Waals surface area contributed by atoms with Crippen LogP contribution in [0.25, 0.3) is 0 Å². The molecule has 3 N–H and O–H groups in total. The summed E-state index contributed by atoms with van der Waals surface area (Å²) >= 11 is 0. The van der Waals surface area contributed by atoms with Crippen molar-refractivity contribution in [1.82, 2.24) is 0 Å². The molecule has 0 aliphatic heterocycles. The van der Waals surface area contributed by atoms with Gasteiger partial charge in [-0.2, -0.15) is 4.31 Å². The highest BCUT2D eigenvalue weighted by Crippen LogP contribution is 2.57. The molecule has 44 heavy (non-hydrogen) atoms. The number of ether oxygens (including phenoxy) is 2. The number of phosphoric acid groups is 2. The lowest BCUT2D eigenvalue weighted by molar-refractivity contribution is -0.161. The zero-order valence-corrected chi connectivity index (χ0v) is 29.3. The summed E-state index contributed by atoms with van der Waals surface area (Å²) in [6, 6.07) is 0. The Labute approximate surface area is 266 Å². The van der Waals surface area contributed by atoms with Crippen LogP contribution >= 0.6 is 15.6 Å². The summed E-state index contributed by atoms with van der Waals surface area (Å²) in [6.07, 6.45) is 24.1. The topological polar surface area (TPSA) is 166 Å². The van der Waals surface area contributed by atoms with Crippen molar-refractivity contribution < 1.29 is 51.7 Å². The first-order chi connectivity index (χ1) is 21.0. The molecule has 0 amide bonds. The van der Waals surface area contributed by atoms with E-state index in [9.17, 15) is 23.6 Å². The van der Waals surface area contributed by atoms with Gasteiger partial charge in [0.15, 0.2) is 6.10 Å². The van der Waals surface area contributed by atoms with Crippen molar-refractivity contribution in [3.8, 4) is 0 Å². The number of carbonyl (C=O) groups is 2. The first kappa shape index (κ1) is 43.2. The number of hydrogen-bond acceptors (Lipinski definition) is 8. The lowest BCUT2D eigenvalue weighted by Crippen LogP contribution is -2.29. The summed E-state index contributed by atoms with van der Waals surface area (Å²) in [5.41, 5.74) is 0. The fraction of sp³-hybridized carbons (Fsp3) is 0.935. The van der Waals surface area contributed by atoms with Gasteiger partial charge in [-0.3, -0.25) is 14.1 Å². The molecule has 0 aliphatic rings. The predicted octanol–water partition coefficient (Wildman–Crippen LogP) is 9.07. The van der Waals surface area contributed by atoms with Gasteiger partial charge in [-0.25, -0.2) is 9.13 Å². The molecule has 0 aromatic rings. The lowest BCUT2D eigenvalue weighted by atomic mass is 10.1. The van der Waals surface area contributed by atoms with Crippen molar-refractivity contribution in [3.63, 3.8) is 0 Å². The van der Waals surface area contributed by atoms with Crippen molar-refractivity contribution in [2.75, 3.05) is 13.2 Å². The van der Waals surface area contributed by atoms with Crippen molar-refractivity contribution in [1.29, 1.82) is 0 Å². The molecule has 0 spiro atoms. The van der Waals surface area contributed by atoms with Crippen molar-refractivity contribution in [2.24, 2.45) is 0 Å². The Balaban J connectivity index is 4.37. The van der Waals surface area contributed by atoms with Gasteiger partial charge in [-0.05, 0) is 12.8 Å². The highest BCUT2D eigenvalue weighted by atomic mass is 31.3. The van der Waals surface area contributed by atoms with E-state index in [4.69, 9.17) is 19.3 Å². The van der Waals surface area contributed by atoms with E-state index in [0.717, 1.165) is 38.5 Å². The normalized spacial score (nSPS) is 13.8. The molecule has 0 bridgehead atoms. The molecular formula is C31H62O11P2. The summed E-state index contributed by atoms with van der Waals surface area (Å²) in [5.74, 6) is -1.08. The van der Waals surface area contributed by atoms with Crippen LogP contribution in [-0.2, 0) is 37.0 Å². The van der Waals surface area contributed by atoms with Gasteiger partial charge in [0.2, 0.25) is 0 Å². The van der Waals surface area contributed by atoms with Crippen LogP contribution in [-0.4, -0.2) is 45.9 Å². The Bertz CT molecular complexity index is 803. The summed E-state index contributed by atoms with van der Waals surface area (Å²) in [6.45, 7) is 3.25. The predicted molar refractivity (Wildman–Crippen MR) is 172 cm³/mol. The minimum absolute atomic E-state index is 0.121. The van der Waals surface area contributed by atoms with Crippen molar-refractivity contribution >= 4 is 27.6 Å². The second kappa shape index (κ2) is 28.4. The number of esters is 2. The van der Waals surface area contributed by atoms with E-state index in [-0.39, 0.29) is 12.8 Å². The standard InChI is InChI=1S/C31H62O11P2/c1-3-5-7-9-11-13-15-17-19-21-23-25-30(32)39-27-29(28-40-44(37,38)42-43(34,35)36)41-31(33)26-24-22-20-18-16-14-12-10-8-6-4-2/h29H,3-28H2,1-2H3,(H,37,38)(H2,34,35,36). The summed E-state index contributed by atoms with van der Waals surface area (Å²) < 4.78 is 41.7.